The lowest BCUT2D eigenvalue weighted by molar-refractivity contribution is -0.123. The summed E-state index contributed by atoms with van der Waals surface area (Å²) < 4.78 is 3.10. The van der Waals surface area contributed by atoms with E-state index >= 15 is 0 Å². The zero-order valence-corrected chi connectivity index (χ0v) is 16.5. The van der Waals surface area contributed by atoms with Crippen molar-refractivity contribution in [1.29, 1.82) is 0 Å². The molecule has 0 unspecified atom stereocenters. The van der Waals surface area contributed by atoms with Gasteiger partial charge in [-0.3, -0.25) is 14.1 Å². The van der Waals surface area contributed by atoms with Crippen LogP contribution in [-0.2, 0) is 11.3 Å². The van der Waals surface area contributed by atoms with E-state index in [4.69, 9.17) is 0 Å². The Kier molecular flexibility index (Phi) is 5.96. The first-order valence-corrected chi connectivity index (χ1v) is 9.62. The molecule has 3 heterocycles. The van der Waals surface area contributed by atoms with Gasteiger partial charge in [0, 0.05) is 31.4 Å². The van der Waals surface area contributed by atoms with Crippen LogP contribution >= 0.6 is 0 Å². The monoisotopic (exact) mass is 374 g/mol. The van der Waals surface area contributed by atoms with Gasteiger partial charge < -0.3 is 10.2 Å². The smallest absolute Gasteiger partial charge is 0.350 e. The van der Waals surface area contributed by atoms with Gasteiger partial charge in [-0.25, -0.2) is 9.48 Å². The fraction of sp³-hybridized carbons (Fsp3) is 0.632. The van der Waals surface area contributed by atoms with Crippen molar-refractivity contribution < 1.29 is 4.79 Å². The van der Waals surface area contributed by atoms with Crippen molar-refractivity contribution in [2.75, 3.05) is 39.3 Å². The molecule has 0 aromatic carbocycles. The topological polar surface area (TPSA) is 74.9 Å². The third-order valence-electron chi connectivity index (χ3n) is 4.68. The van der Waals surface area contributed by atoms with E-state index in [-0.39, 0.29) is 17.1 Å². The van der Waals surface area contributed by atoms with Crippen LogP contribution in [0, 0.1) is 0 Å². The van der Waals surface area contributed by atoms with Gasteiger partial charge in [0.2, 0.25) is 5.91 Å². The molecular weight excluding hydrogens is 344 g/mol. The van der Waals surface area contributed by atoms with E-state index in [1.807, 2.05) is 39.0 Å². The summed E-state index contributed by atoms with van der Waals surface area (Å²) >= 11 is 0. The van der Waals surface area contributed by atoms with Crippen molar-refractivity contribution in [1.82, 2.24) is 29.3 Å². The van der Waals surface area contributed by atoms with E-state index in [0.29, 0.717) is 18.7 Å². The Hall–Kier alpha value is -2.19. The fourth-order valence-electron chi connectivity index (χ4n) is 3.42. The molecule has 148 valence electrons. The van der Waals surface area contributed by atoms with Crippen molar-refractivity contribution in [2.24, 2.45) is 0 Å². The quantitative estimate of drug-likeness (QED) is 0.821. The average Bonchev–Trinajstić information content (AvgIpc) is 2.75. The number of amides is 1. The van der Waals surface area contributed by atoms with Crippen LogP contribution < -0.4 is 11.0 Å². The highest BCUT2D eigenvalue weighted by atomic mass is 16.2. The van der Waals surface area contributed by atoms with Gasteiger partial charge in [-0.1, -0.05) is 6.07 Å². The van der Waals surface area contributed by atoms with E-state index in [9.17, 15) is 9.59 Å². The molecule has 0 radical (unpaired) electrons. The molecule has 1 amide bonds. The van der Waals surface area contributed by atoms with Gasteiger partial charge in [0.05, 0.1) is 13.1 Å². The minimum atomic E-state index is -0.198. The van der Waals surface area contributed by atoms with Crippen LogP contribution in [0.25, 0.3) is 5.65 Å². The summed E-state index contributed by atoms with van der Waals surface area (Å²) in [5.41, 5.74) is 0.381. The standard InChI is InChI=1S/C19H30N6O2/c1-19(2,3)20-17(26)15-23-9-6-8-22(11-12-23)13-14-25-18(27)24-10-5-4-7-16(24)21-25/h4-5,7,10H,6,8-9,11-15H2,1-3H3,(H,20,26). The summed E-state index contributed by atoms with van der Waals surface area (Å²) in [5.74, 6) is 0.0761. The van der Waals surface area contributed by atoms with Crippen LogP contribution in [-0.4, -0.2) is 74.7 Å². The van der Waals surface area contributed by atoms with E-state index in [0.717, 1.165) is 39.1 Å². The van der Waals surface area contributed by atoms with E-state index in [1.165, 1.54) is 4.68 Å². The molecule has 27 heavy (non-hydrogen) atoms. The molecule has 1 saturated heterocycles. The van der Waals surface area contributed by atoms with Crippen molar-refractivity contribution in [2.45, 2.75) is 39.3 Å². The number of nitrogens with zero attached hydrogens (tertiary/aromatic N) is 5. The van der Waals surface area contributed by atoms with E-state index in [2.05, 4.69) is 20.2 Å². The highest BCUT2D eigenvalue weighted by Gasteiger charge is 2.20. The Morgan fingerprint density at radius 1 is 1.11 bits per heavy atom. The third kappa shape index (κ3) is 5.40. The molecule has 1 aliphatic heterocycles. The second kappa shape index (κ2) is 8.22. The molecular formula is C19H30N6O2. The molecule has 8 heteroatoms. The summed E-state index contributed by atoms with van der Waals surface area (Å²) in [5, 5.41) is 7.41. The maximum Gasteiger partial charge on any atom is 0.350 e. The Labute approximate surface area is 159 Å². The summed E-state index contributed by atoms with van der Waals surface area (Å²) in [6, 6.07) is 5.55. The molecule has 0 bridgehead atoms. The first-order chi connectivity index (χ1) is 12.8. The lowest BCUT2D eigenvalue weighted by Gasteiger charge is -2.25. The Morgan fingerprint density at radius 3 is 2.59 bits per heavy atom. The highest BCUT2D eigenvalue weighted by Crippen LogP contribution is 2.05. The van der Waals surface area contributed by atoms with Crippen molar-refractivity contribution in [3.05, 3.63) is 34.9 Å². The number of aromatic nitrogens is 3. The third-order valence-corrected chi connectivity index (χ3v) is 4.68. The summed E-state index contributed by atoms with van der Waals surface area (Å²) in [7, 11) is 0. The minimum absolute atomic E-state index is 0.0761. The molecule has 8 nitrogen and oxygen atoms in total. The number of pyridine rings is 1. The Morgan fingerprint density at radius 2 is 1.85 bits per heavy atom. The second-order valence-corrected chi connectivity index (χ2v) is 8.20. The number of rotatable bonds is 5. The predicted octanol–water partition coefficient (Wildman–Crippen LogP) is 0.418. The SMILES string of the molecule is CC(C)(C)NC(=O)CN1CCCN(CCn2nc3ccccn3c2=O)CC1. The number of nitrogens with one attached hydrogen (secondary N) is 1. The zero-order chi connectivity index (χ0) is 19.4. The predicted molar refractivity (Wildman–Crippen MR) is 105 cm³/mol. The number of carbonyl (C=O) groups is 1. The number of carbonyl (C=O) groups excluding carboxylic acids is 1. The van der Waals surface area contributed by atoms with Gasteiger partial charge in [-0.15, -0.1) is 5.10 Å². The molecule has 1 aliphatic rings. The van der Waals surface area contributed by atoms with Crippen molar-refractivity contribution >= 4 is 11.6 Å². The zero-order valence-electron chi connectivity index (χ0n) is 16.5. The fourth-order valence-corrected chi connectivity index (χ4v) is 3.42. The Balaban J connectivity index is 1.50. The molecule has 0 spiro atoms. The lowest BCUT2D eigenvalue weighted by atomic mass is 10.1. The van der Waals surface area contributed by atoms with Gasteiger partial charge in [-0.05, 0) is 52.4 Å². The summed E-state index contributed by atoms with van der Waals surface area (Å²) in [6.07, 6.45) is 2.76. The largest absolute Gasteiger partial charge is 0.350 e. The molecule has 2 aromatic heterocycles. The maximum atomic E-state index is 12.3. The summed E-state index contributed by atoms with van der Waals surface area (Å²) in [6.45, 7) is 11.4. The Bertz CT molecular complexity index is 835. The second-order valence-electron chi connectivity index (χ2n) is 8.20. The maximum absolute atomic E-state index is 12.3. The normalized spacial score (nSPS) is 17.1. The van der Waals surface area contributed by atoms with Crippen LogP contribution in [0.1, 0.15) is 27.2 Å². The molecule has 1 N–H and O–H groups in total. The number of fused-ring (bicyclic) bond motifs is 1. The minimum Gasteiger partial charge on any atom is -0.350 e. The van der Waals surface area contributed by atoms with Gasteiger partial charge in [0.1, 0.15) is 0 Å². The number of hydrogen-bond acceptors (Lipinski definition) is 5. The van der Waals surface area contributed by atoms with Crippen LogP contribution in [0.3, 0.4) is 0 Å². The highest BCUT2D eigenvalue weighted by molar-refractivity contribution is 5.78. The molecule has 0 aliphatic carbocycles. The van der Waals surface area contributed by atoms with E-state index < -0.39 is 0 Å². The molecule has 2 aromatic rings. The van der Waals surface area contributed by atoms with Crippen LogP contribution in [0.4, 0.5) is 0 Å². The number of hydrogen-bond donors (Lipinski definition) is 1. The molecule has 3 rings (SSSR count). The molecule has 1 fully saturated rings. The average molecular weight is 374 g/mol. The first-order valence-electron chi connectivity index (χ1n) is 9.62. The van der Waals surface area contributed by atoms with Crippen LogP contribution in [0.5, 0.6) is 0 Å². The van der Waals surface area contributed by atoms with Crippen molar-refractivity contribution in [3.63, 3.8) is 0 Å². The first kappa shape index (κ1) is 19.6. The van der Waals surface area contributed by atoms with Gasteiger partial charge in [-0.2, -0.15) is 0 Å². The van der Waals surface area contributed by atoms with E-state index in [1.54, 1.807) is 10.6 Å². The van der Waals surface area contributed by atoms with Crippen molar-refractivity contribution in [3.8, 4) is 0 Å². The van der Waals surface area contributed by atoms with Gasteiger partial charge in [0.25, 0.3) is 0 Å². The van der Waals surface area contributed by atoms with Crippen LogP contribution in [0.2, 0.25) is 0 Å². The summed E-state index contributed by atoms with van der Waals surface area (Å²) in [4.78, 5) is 29.0. The molecule has 0 saturated carbocycles. The van der Waals surface area contributed by atoms with Gasteiger partial charge >= 0.3 is 5.69 Å². The molecule has 0 atom stereocenters. The van der Waals surface area contributed by atoms with Gasteiger partial charge in [0.15, 0.2) is 5.65 Å². The lowest BCUT2D eigenvalue weighted by Crippen LogP contribution is -2.46. The van der Waals surface area contributed by atoms with Crippen LogP contribution in [0.15, 0.2) is 29.2 Å².